The van der Waals surface area contributed by atoms with E-state index in [1.165, 1.54) is 12.1 Å². The summed E-state index contributed by atoms with van der Waals surface area (Å²) in [5.41, 5.74) is 6.05. The number of benzene rings is 3. The molecule has 0 atom stereocenters. The topological polar surface area (TPSA) is 65.5 Å². The zero-order valence-corrected chi connectivity index (χ0v) is 24.7. The number of pyridine rings is 1. The number of fused-ring (bicyclic) bond motifs is 1. The number of aromatic nitrogens is 1. The molecule has 218 valence electrons. The van der Waals surface area contributed by atoms with Crippen molar-refractivity contribution in [2.75, 3.05) is 31.5 Å². The van der Waals surface area contributed by atoms with Crippen LogP contribution in [0.2, 0.25) is 0 Å². The molecule has 0 unspecified atom stereocenters. The fourth-order valence-corrected chi connectivity index (χ4v) is 5.83. The van der Waals surface area contributed by atoms with E-state index in [4.69, 9.17) is 4.98 Å². The van der Waals surface area contributed by atoms with E-state index in [-0.39, 0.29) is 17.6 Å². The van der Waals surface area contributed by atoms with E-state index in [0.717, 1.165) is 84.4 Å². The first-order valence-corrected chi connectivity index (χ1v) is 14.9. The molecular formula is C35H39FN4O2. The smallest absolute Gasteiger partial charge is 0.255 e. The molecule has 3 aromatic carbocycles. The third-order valence-electron chi connectivity index (χ3n) is 8.43. The Bertz CT molecular complexity index is 1540. The minimum absolute atomic E-state index is 0.193. The first kappa shape index (κ1) is 29.4. The molecule has 1 aromatic heterocycles. The van der Waals surface area contributed by atoms with Gasteiger partial charge in [-0.25, -0.2) is 4.39 Å². The van der Waals surface area contributed by atoms with Crippen molar-refractivity contribution < 1.29 is 14.0 Å². The van der Waals surface area contributed by atoms with Gasteiger partial charge in [0.2, 0.25) is 5.91 Å². The average Bonchev–Trinajstić information content (AvgIpc) is 3.00. The number of likely N-dealkylation sites (tertiary alicyclic amines) is 1. The molecule has 0 spiro atoms. The molecule has 0 saturated carbocycles. The number of hydrogen-bond donors (Lipinski definition) is 1. The minimum atomic E-state index is -0.275. The number of hydrogen-bond acceptors (Lipinski definition) is 4. The summed E-state index contributed by atoms with van der Waals surface area (Å²) in [4.78, 5) is 34.7. The van der Waals surface area contributed by atoms with Gasteiger partial charge in [-0.1, -0.05) is 30.3 Å². The third kappa shape index (κ3) is 6.85. The molecule has 2 heterocycles. The Kier molecular flexibility index (Phi) is 9.28. The maximum atomic E-state index is 13.2. The third-order valence-corrected chi connectivity index (χ3v) is 8.43. The summed E-state index contributed by atoms with van der Waals surface area (Å²) >= 11 is 0. The Labute approximate surface area is 247 Å². The second-order valence-electron chi connectivity index (χ2n) is 11.2. The first-order chi connectivity index (χ1) is 20.3. The van der Waals surface area contributed by atoms with Crippen molar-refractivity contribution in [1.29, 1.82) is 0 Å². The van der Waals surface area contributed by atoms with Crippen molar-refractivity contribution in [3.05, 3.63) is 95.4 Å². The molecule has 1 aliphatic rings. The SMILES string of the molecule is CCN(CC)C(=O)CC1CCN(Cc2cnc3c(C)c(NC(=O)c4ccc(-c5ccc(F)cc5)cc4)ccc3c2)CC1. The van der Waals surface area contributed by atoms with E-state index in [2.05, 4.69) is 16.3 Å². The summed E-state index contributed by atoms with van der Waals surface area (Å²) in [6, 6.07) is 19.7. The number of anilines is 1. The summed E-state index contributed by atoms with van der Waals surface area (Å²) in [6.45, 7) is 10.4. The molecule has 5 rings (SSSR count). The van der Waals surface area contributed by atoms with Crippen LogP contribution in [-0.4, -0.2) is 52.8 Å². The maximum absolute atomic E-state index is 13.2. The van der Waals surface area contributed by atoms with E-state index in [1.54, 1.807) is 24.3 Å². The second kappa shape index (κ2) is 13.3. The highest BCUT2D eigenvalue weighted by molar-refractivity contribution is 6.06. The Hall–Kier alpha value is -4.10. The Morgan fingerprint density at radius 3 is 2.24 bits per heavy atom. The highest BCUT2D eigenvalue weighted by atomic mass is 19.1. The quantitative estimate of drug-likeness (QED) is 0.235. The van der Waals surface area contributed by atoms with Crippen LogP contribution in [-0.2, 0) is 11.3 Å². The lowest BCUT2D eigenvalue weighted by Crippen LogP contribution is -2.37. The van der Waals surface area contributed by atoms with Gasteiger partial charge in [-0.05, 0) is 111 Å². The van der Waals surface area contributed by atoms with Crippen molar-refractivity contribution >= 4 is 28.4 Å². The van der Waals surface area contributed by atoms with Crippen molar-refractivity contribution in [1.82, 2.24) is 14.8 Å². The monoisotopic (exact) mass is 566 g/mol. The summed E-state index contributed by atoms with van der Waals surface area (Å²) in [6.07, 6.45) is 4.69. The lowest BCUT2D eigenvalue weighted by molar-refractivity contribution is -0.132. The lowest BCUT2D eigenvalue weighted by Gasteiger charge is -2.32. The maximum Gasteiger partial charge on any atom is 0.255 e. The first-order valence-electron chi connectivity index (χ1n) is 14.9. The predicted octanol–water partition coefficient (Wildman–Crippen LogP) is 7.07. The standard InChI is InChI=1S/C35H39FN4O2/c1-4-40(5-2)33(41)21-25-16-18-39(19-17-25)23-26-20-30-12-15-32(24(3)34(30)37-22-26)38-35(42)29-8-6-27(7-9-29)28-10-13-31(36)14-11-28/h6-15,20,22,25H,4-5,16-19,21,23H2,1-3H3,(H,38,42). The largest absolute Gasteiger partial charge is 0.343 e. The second-order valence-corrected chi connectivity index (χ2v) is 11.2. The van der Waals surface area contributed by atoms with Crippen LogP contribution in [0.1, 0.15) is 54.6 Å². The molecule has 7 heteroatoms. The van der Waals surface area contributed by atoms with Crippen molar-refractivity contribution in [3.8, 4) is 11.1 Å². The molecule has 42 heavy (non-hydrogen) atoms. The number of aryl methyl sites for hydroxylation is 1. The van der Waals surface area contributed by atoms with Gasteiger partial charge in [0.05, 0.1) is 5.52 Å². The molecule has 1 N–H and O–H groups in total. The van der Waals surface area contributed by atoms with Gasteiger partial charge in [0.1, 0.15) is 5.82 Å². The molecule has 0 radical (unpaired) electrons. The number of amides is 2. The highest BCUT2D eigenvalue weighted by Crippen LogP contribution is 2.27. The minimum Gasteiger partial charge on any atom is -0.343 e. The fraction of sp³-hybridized carbons (Fsp3) is 0.343. The van der Waals surface area contributed by atoms with Crippen LogP contribution >= 0.6 is 0 Å². The van der Waals surface area contributed by atoms with Gasteiger partial charge in [0.15, 0.2) is 0 Å². The summed E-state index contributed by atoms with van der Waals surface area (Å²) in [7, 11) is 0. The van der Waals surface area contributed by atoms with Gasteiger partial charge in [-0.15, -0.1) is 0 Å². The Balaban J connectivity index is 1.19. The summed E-state index contributed by atoms with van der Waals surface area (Å²) in [5, 5.41) is 4.08. The van der Waals surface area contributed by atoms with Gasteiger partial charge < -0.3 is 10.2 Å². The molecule has 1 fully saturated rings. The normalized spacial score (nSPS) is 14.2. The van der Waals surface area contributed by atoms with Gasteiger partial charge in [-0.3, -0.25) is 19.5 Å². The molecule has 4 aromatic rings. The summed E-state index contributed by atoms with van der Waals surface area (Å²) in [5.74, 6) is 0.279. The zero-order chi connectivity index (χ0) is 29.6. The van der Waals surface area contributed by atoms with E-state index in [9.17, 15) is 14.0 Å². The van der Waals surface area contributed by atoms with Gasteiger partial charge >= 0.3 is 0 Å². The molecular weight excluding hydrogens is 527 g/mol. The fourth-order valence-electron chi connectivity index (χ4n) is 5.83. The summed E-state index contributed by atoms with van der Waals surface area (Å²) < 4.78 is 13.2. The van der Waals surface area contributed by atoms with Crippen LogP contribution in [0.3, 0.4) is 0 Å². The molecule has 0 bridgehead atoms. The molecule has 1 saturated heterocycles. The predicted molar refractivity (Wildman–Crippen MR) is 167 cm³/mol. The van der Waals surface area contributed by atoms with Crippen LogP contribution in [0, 0.1) is 18.7 Å². The number of halogens is 1. The number of carbonyl (C=O) groups excluding carboxylic acids is 2. The number of nitrogens with one attached hydrogen (secondary N) is 1. The Morgan fingerprint density at radius 1 is 0.952 bits per heavy atom. The van der Waals surface area contributed by atoms with Crippen LogP contribution in [0.25, 0.3) is 22.0 Å². The van der Waals surface area contributed by atoms with Gasteiger partial charge in [-0.2, -0.15) is 0 Å². The van der Waals surface area contributed by atoms with Crippen molar-refractivity contribution in [3.63, 3.8) is 0 Å². The number of nitrogens with zero attached hydrogens (tertiary/aromatic N) is 3. The average molecular weight is 567 g/mol. The van der Waals surface area contributed by atoms with Crippen LogP contribution in [0.5, 0.6) is 0 Å². The van der Waals surface area contributed by atoms with Crippen molar-refractivity contribution in [2.45, 2.75) is 46.6 Å². The lowest BCUT2D eigenvalue weighted by atomic mass is 9.92. The van der Waals surface area contributed by atoms with Crippen LogP contribution in [0.4, 0.5) is 10.1 Å². The van der Waals surface area contributed by atoms with Gasteiger partial charge in [0.25, 0.3) is 5.91 Å². The molecule has 0 aliphatic carbocycles. The van der Waals surface area contributed by atoms with Crippen LogP contribution in [0.15, 0.2) is 72.9 Å². The van der Waals surface area contributed by atoms with E-state index < -0.39 is 0 Å². The number of rotatable bonds is 9. The molecule has 1 aliphatic heterocycles. The number of piperidine rings is 1. The van der Waals surface area contributed by atoms with Gasteiger partial charge in [0, 0.05) is 48.9 Å². The molecule has 2 amide bonds. The Morgan fingerprint density at radius 2 is 1.60 bits per heavy atom. The van der Waals surface area contributed by atoms with Crippen LogP contribution < -0.4 is 5.32 Å². The molecule has 6 nitrogen and oxygen atoms in total. The number of carbonyl (C=O) groups is 2. The van der Waals surface area contributed by atoms with E-state index >= 15 is 0 Å². The van der Waals surface area contributed by atoms with E-state index in [1.807, 2.05) is 56.1 Å². The zero-order valence-electron chi connectivity index (χ0n) is 24.7. The highest BCUT2D eigenvalue weighted by Gasteiger charge is 2.23. The van der Waals surface area contributed by atoms with E-state index in [0.29, 0.717) is 17.9 Å². The van der Waals surface area contributed by atoms with Crippen molar-refractivity contribution in [2.24, 2.45) is 5.92 Å².